The highest BCUT2D eigenvalue weighted by Crippen LogP contribution is 2.73. The minimum Gasteiger partial charge on any atom is -0.376 e. The van der Waals surface area contributed by atoms with E-state index in [-0.39, 0.29) is 5.60 Å². The summed E-state index contributed by atoms with van der Waals surface area (Å²) in [4.78, 5) is 0. The quantitative estimate of drug-likeness (QED) is 0.218. The van der Waals surface area contributed by atoms with Crippen molar-refractivity contribution in [3.05, 3.63) is 70.8 Å². The lowest BCUT2D eigenvalue weighted by atomic mass is 9.95. The van der Waals surface area contributed by atoms with Gasteiger partial charge in [-0.05, 0) is 99.5 Å². The number of hydrogen-bond donors (Lipinski definition) is 0. The largest absolute Gasteiger partial charge is 0.376 e. The molecule has 2 heteroatoms. The predicted molar refractivity (Wildman–Crippen MR) is 170 cm³/mol. The third-order valence-electron chi connectivity index (χ3n) is 9.42. The Morgan fingerprint density at radius 1 is 0.658 bits per heavy atom. The fourth-order valence-corrected chi connectivity index (χ4v) is 10.9. The Bertz CT molecular complexity index is 1000. The van der Waals surface area contributed by atoms with Gasteiger partial charge in [-0.15, -0.1) is 0 Å². The number of benzene rings is 2. The van der Waals surface area contributed by atoms with E-state index in [4.69, 9.17) is 4.74 Å². The Morgan fingerprint density at radius 3 is 1.58 bits per heavy atom. The van der Waals surface area contributed by atoms with E-state index < -0.39 is 10.0 Å². The first kappa shape index (κ1) is 29.7. The smallest absolute Gasteiger partial charge is 0.0598 e. The summed E-state index contributed by atoms with van der Waals surface area (Å²) in [7, 11) is -0.839. The zero-order chi connectivity index (χ0) is 27.2. The number of unbranched alkanes of at least 4 members (excludes halogenated alkanes) is 6. The molecule has 0 fully saturated rings. The van der Waals surface area contributed by atoms with Gasteiger partial charge in [0.1, 0.15) is 0 Å². The number of hydrogen-bond acceptors (Lipinski definition) is 1. The van der Waals surface area contributed by atoms with Crippen LogP contribution < -0.4 is 0 Å². The van der Waals surface area contributed by atoms with Gasteiger partial charge in [0.25, 0.3) is 0 Å². The normalized spacial score (nSPS) is 23.4. The van der Waals surface area contributed by atoms with Crippen LogP contribution in [0.4, 0.5) is 0 Å². The molecular weight excluding hydrogens is 480 g/mol. The molecule has 4 atom stereocenters. The molecule has 4 rings (SSSR count). The van der Waals surface area contributed by atoms with Crippen LogP contribution in [-0.4, -0.2) is 24.7 Å². The Hall–Kier alpha value is -1.25. The summed E-state index contributed by atoms with van der Waals surface area (Å²) in [6.07, 6.45) is 21.5. The van der Waals surface area contributed by atoms with Gasteiger partial charge in [0.15, 0.2) is 0 Å². The van der Waals surface area contributed by atoms with Gasteiger partial charge in [0, 0.05) is 17.1 Å². The first-order valence-corrected chi connectivity index (χ1v) is 18.3. The third-order valence-corrected chi connectivity index (χ3v) is 13.2. The molecule has 0 N–H and O–H groups in total. The molecule has 0 spiro atoms. The average Bonchev–Trinajstić information content (AvgIpc) is 3.45. The van der Waals surface area contributed by atoms with E-state index in [1.165, 1.54) is 77.0 Å². The third kappa shape index (κ3) is 7.28. The fourth-order valence-electron chi connectivity index (χ4n) is 7.31. The Kier molecular flexibility index (Phi) is 10.5. The lowest BCUT2D eigenvalue weighted by Crippen LogP contribution is -2.19. The minimum absolute atomic E-state index is 0.00733. The highest BCUT2D eigenvalue weighted by Gasteiger charge is 2.45. The zero-order valence-corrected chi connectivity index (χ0v) is 26.3. The van der Waals surface area contributed by atoms with Gasteiger partial charge in [-0.3, -0.25) is 0 Å². The molecule has 0 radical (unpaired) electrons. The summed E-state index contributed by atoms with van der Waals surface area (Å²) in [5.74, 6) is 1.52. The van der Waals surface area contributed by atoms with E-state index in [1.54, 1.807) is 22.3 Å². The molecule has 0 saturated carbocycles. The molecule has 212 valence electrons. The maximum Gasteiger partial charge on any atom is 0.0598 e. The SMILES string of the molecule is CCCCCCC1CC(S(C)(C)C2CC(CCCCCCOC(C)(C)C)c3ccccc32)c2ccccc21. The first-order chi connectivity index (χ1) is 18.2. The van der Waals surface area contributed by atoms with E-state index in [1.807, 2.05) is 0 Å². The zero-order valence-electron chi connectivity index (χ0n) is 25.4. The van der Waals surface area contributed by atoms with E-state index in [2.05, 4.69) is 88.7 Å². The minimum atomic E-state index is -0.839. The van der Waals surface area contributed by atoms with Gasteiger partial charge in [-0.2, -0.15) is 0 Å². The van der Waals surface area contributed by atoms with Crippen molar-refractivity contribution in [3.8, 4) is 0 Å². The summed E-state index contributed by atoms with van der Waals surface area (Å²) in [6, 6.07) is 19.1. The molecule has 1 nitrogen and oxygen atoms in total. The summed E-state index contributed by atoms with van der Waals surface area (Å²) in [5, 5.41) is 1.48. The van der Waals surface area contributed by atoms with Crippen molar-refractivity contribution in [3.63, 3.8) is 0 Å². The highest BCUT2D eigenvalue weighted by molar-refractivity contribution is 8.33. The molecule has 4 unspecified atom stereocenters. The summed E-state index contributed by atoms with van der Waals surface area (Å²) in [5.41, 5.74) is 6.75. The lowest BCUT2D eigenvalue weighted by molar-refractivity contribution is -0.00475. The molecule has 0 aliphatic heterocycles. The maximum atomic E-state index is 5.92. The Labute approximate surface area is 236 Å². The topological polar surface area (TPSA) is 9.23 Å². The molecule has 0 saturated heterocycles. The van der Waals surface area contributed by atoms with Crippen LogP contribution >= 0.6 is 10.0 Å². The second kappa shape index (κ2) is 13.4. The lowest BCUT2D eigenvalue weighted by Gasteiger charge is -2.45. The van der Waals surface area contributed by atoms with Gasteiger partial charge >= 0.3 is 0 Å². The Balaban J connectivity index is 1.40. The predicted octanol–water partition coefficient (Wildman–Crippen LogP) is 11.2. The van der Waals surface area contributed by atoms with Crippen molar-refractivity contribution >= 4 is 10.0 Å². The van der Waals surface area contributed by atoms with Gasteiger partial charge in [-0.25, -0.2) is 10.0 Å². The molecule has 0 heterocycles. The average molecular weight is 537 g/mol. The number of fused-ring (bicyclic) bond motifs is 2. The number of ether oxygens (including phenoxy) is 1. The van der Waals surface area contributed by atoms with Crippen molar-refractivity contribution in [1.29, 1.82) is 0 Å². The molecule has 0 bridgehead atoms. The van der Waals surface area contributed by atoms with Gasteiger partial charge in [-0.1, -0.05) is 100 Å². The first-order valence-electron chi connectivity index (χ1n) is 15.7. The molecule has 2 aliphatic rings. The van der Waals surface area contributed by atoms with Crippen LogP contribution in [-0.2, 0) is 4.74 Å². The van der Waals surface area contributed by atoms with E-state index in [9.17, 15) is 0 Å². The number of rotatable bonds is 14. The van der Waals surface area contributed by atoms with E-state index in [0.717, 1.165) is 28.9 Å². The van der Waals surface area contributed by atoms with Crippen molar-refractivity contribution in [1.82, 2.24) is 0 Å². The van der Waals surface area contributed by atoms with Crippen LogP contribution in [0.5, 0.6) is 0 Å². The molecule has 38 heavy (non-hydrogen) atoms. The molecule has 0 aromatic heterocycles. The van der Waals surface area contributed by atoms with Crippen molar-refractivity contribution in [2.75, 3.05) is 19.1 Å². The van der Waals surface area contributed by atoms with Crippen LogP contribution in [0.15, 0.2) is 48.5 Å². The molecule has 0 amide bonds. The van der Waals surface area contributed by atoms with Crippen LogP contribution in [0.25, 0.3) is 0 Å². The summed E-state index contributed by atoms with van der Waals surface area (Å²) >= 11 is 0. The molecule has 2 aromatic rings. The van der Waals surface area contributed by atoms with Crippen LogP contribution in [0, 0.1) is 0 Å². The second-order valence-corrected chi connectivity index (χ2v) is 17.7. The van der Waals surface area contributed by atoms with Gasteiger partial charge in [0.2, 0.25) is 0 Å². The van der Waals surface area contributed by atoms with Crippen molar-refractivity contribution in [2.45, 2.75) is 133 Å². The van der Waals surface area contributed by atoms with Crippen LogP contribution in [0.3, 0.4) is 0 Å². The van der Waals surface area contributed by atoms with Crippen LogP contribution in [0.2, 0.25) is 0 Å². The molecule has 2 aliphatic carbocycles. The summed E-state index contributed by atoms with van der Waals surface area (Å²) in [6.45, 7) is 9.69. The monoisotopic (exact) mass is 536 g/mol. The van der Waals surface area contributed by atoms with E-state index in [0.29, 0.717) is 0 Å². The second-order valence-electron chi connectivity index (χ2n) is 13.6. The van der Waals surface area contributed by atoms with E-state index >= 15 is 0 Å². The standard InChI is InChI=1S/C36H56OS/c1-7-8-9-12-19-28-26-34(32-23-16-14-21-30(28)32)38(5,6)35-27-29(31-22-15-17-24-33(31)35)20-13-10-11-18-25-37-36(2,3)4/h14-17,21-24,28-29,34-35H,7-13,18-20,25-27H2,1-6H3. The van der Waals surface area contributed by atoms with Crippen LogP contribution in [0.1, 0.15) is 149 Å². The fraction of sp³-hybridized carbons (Fsp3) is 0.667. The molecular formula is C36H56OS. The molecule has 2 aromatic carbocycles. The van der Waals surface area contributed by atoms with Gasteiger partial charge < -0.3 is 4.74 Å². The Morgan fingerprint density at radius 2 is 1.11 bits per heavy atom. The van der Waals surface area contributed by atoms with Gasteiger partial charge in [0.05, 0.1) is 5.60 Å². The summed E-state index contributed by atoms with van der Waals surface area (Å²) < 4.78 is 5.92. The highest BCUT2D eigenvalue weighted by atomic mass is 32.3. The maximum absolute atomic E-state index is 5.92. The van der Waals surface area contributed by atoms with Crippen molar-refractivity contribution in [2.24, 2.45) is 0 Å². The van der Waals surface area contributed by atoms with Crippen molar-refractivity contribution < 1.29 is 4.74 Å².